The lowest BCUT2D eigenvalue weighted by Crippen LogP contribution is -2.41. The van der Waals surface area contributed by atoms with Crippen molar-refractivity contribution in [2.75, 3.05) is 23.3 Å². The minimum absolute atomic E-state index is 0.0417. The molecule has 6 nitrogen and oxygen atoms in total. The summed E-state index contributed by atoms with van der Waals surface area (Å²) in [6, 6.07) is 17.6. The van der Waals surface area contributed by atoms with Crippen molar-refractivity contribution in [2.24, 2.45) is 5.92 Å². The maximum atomic E-state index is 13.0. The molecule has 1 saturated heterocycles. The number of nitrogens with zero attached hydrogens (tertiary/aromatic N) is 3. The Hall–Kier alpha value is -3.41. The minimum Gasteiger partial charge on any atom is -0.436 e. The van der Waals surface area contributed by atoms with E-state index in [0.717, 1.165) is 25.1 Å². The number of hydrogen-bond donors (Lipinski definition) is 1. The van der Waals surface area contributed by atoms with Crippen LogP contribution < -0.4 is 15.0 Å². The molecule has 31 heavy (non-hydrogen) atoms. The van der Waals surface area contributed by atoms with Crippen molar-refractivity contribution < 1.29 is 9.53 Å². The highest BCUT2D eigenvalue weighted by Gasteiger charge is 2.28. The second-order valence-corrected chi connectivity index (χ2v) is 8.15. The average Bonchev–Trinajstić information content (AvgIpc) is 2.80. The van der Waals surface area contributed by atoms with Crippen LogP contribution in [0.3, 0.4) is 0 Å². The molecule has 0 spiro atoms. The van der Waals surface area contributed by atoms with Gasteiger partial charge < -0.3 is 15.0 Å². The van der Waals surface area contributed by atoms with E-state index in [4.69, 9.17) is 4.74 Å². The van der Waals surface area contributed by atoms with E-state index in [1.807, 2.05) is 42.5 Å². The molecule has 1 amide bonds. The number of para-hydroxylation sites is 1. The lowest BCUT2D eigenvalue weighted by molar-refractivity contribution is -0.120. The van der Waals surface area contributed by atoms with Gasteiger partial charge in [-0.25, -0.2) is 9.97 Å². The first-order valence-electron chi connectivity index (χ1n) is 10.8. The van der Waals surface area contributed by atoms with E-state index in [2.05, 4.69) is 46.2 Å². The molecule has 1 fully saturated rings. The molecule has 1 aliphatic heterocycles. The summed E-state index contributed by atoms with van der Waals surface area (Å²) in [5.41, 5.74) is 2.06. The van der Waals surface area contributed by atoms with Crippen molar-refractivity contribution in [2.45, 2.75) is 32.6 Å². The summed E-state index contributed by atoms with van der Waals surface area (Å²) >= 11 is 0. The van der Waals surface area contributed by atoms with E-state index in [0.29, 0.717) is 29.9 Å². The van der Waals surface area contributed by atoms with Crippen LogP contribution in [0.4, 0.5) is 11.5 Å². The number of carbonyl (C=O) groups excluding carboxylic acids is 1. The quantitative estimate of drug-likeness (QED) is 0.595. The number of aromatic nitrogens is 2. The Labute approximate surface area is 183 Å². The van der Waals surface area contributed by atoms with Gasteiger partial charge in [-0.15, -0.1) is 0 Å². The molecule has 1 atom stereocenters. The Kier molecular flexibility index (Phi) is 6.46. The third-order valence-corrected chi connectivity index (χ3v) is 5.52. The fourth-order valence-electron chi connectivity index (χ4n) is 3.81. The number of benzene rings is 2. The van der Waals surface area contributed by atoms with Crippen LogP contribution >= 0.6 is 0 Å². The van der Waals surface area contributed by atoms with Gasteiger partial charge in [-0.1, -0.05) is 44.2 Å². The Bertz CT molecular complexity index is 1020. The summed E-state index contributed by atoms with van der Waals surface area (Å²) in [6.45, 7) is 5.70. The summed E-state index contributed by atoms with van der Waals surface area (Å²) in [6.07, 6.45) is 5.04. The topological polar surface area (TPSA) is 67.4 Å². The van der Waals surface area contributed by atoms with E-state index in [9.17, 15) is 4.79 Å². The molecular weight excluding hydrogens is 388 g/mol. The molecule has 160 valence electrons. The maximum Gasteiger partial charge on any atom is 0.263 e. The average molecular weight is 417 g/mol. The van der Waals surface area contributed by atoms with Gasteiger partial charge >= 0.3 is 0 Å². The molecule has 1 aliphatic rings. The third-order valence-electron chi connectivity index (χ3n) is 5.52. The molecule has 0 aliphatic carbocycles. The minimum atomic E-state index is -0.122. The van der Waals surface area contributed by atoms with Crippen LogP contribution in [0.15, 0.2) is 67.0 Å². The number of anilines is 2. The van der Waals surface area contributed by atoms with Crippen LogP contribution in [0.2, 0.25) is 0 Å². The predicted molar refractivity (Wildman–Crippen MR) is 123 cm³/mol. The molecule has 2 aromatic carbocycles. The van der Waals surface area contributed by atoms with Gasteiger partial charge in [-0.05, 0) is 48.6 Å². The van der Waals surface area contributed by atoms with E-state index in [1.54, 1.807) is 12.4 Å². The zero-order valence-corrected chi connectivity index (χ0v) is 18.0. The van der Waals surface area contributed by atoms with Crippen LogP contribution in [0, 0.1) is 5.92 Å². The largest absolute Gasteiger partial charge is 0.436 e. The first-order chi connectivity index (χ1) is 15.1. The molecule has 1 N–H and O–H groups in total. The van der Waals surface area contributed by atoms with Gasteiger partial charge in [0.15, 0.2) is 5.82 Å². The van der Waals surface area contributed by atoms with E-state index >= 15 is 0 Å². The second kappa shape index (κ2) is 9.60. The van der Waals surface area contributed by atoms with Crippen molar-refractivity contribution in [3.63, 3.8) is 0 Å². The van der Waals surface area contributed by atoms with Crippen LogP contribution in [0.1, 0.15) is 38.2 Å². The molecule has 3 aromatic rings. The zero-order valence-electron chi connectivity index (χ0n) is 18.0. The number of carbonyl (C=O) groups is 1. The second-order valence-electron chi connectivity index (χ2n) is 8.15. The van der Waals surface area contributed by atoms with Gasteiger partial charge in [0, 0.05) is 31.2 Å². The summed E-state index contributed by atoms with van der Waals surface area (Å²) < 4.78 is 5.97. The maximum absolute atomic E-state index is 13.0. The number of ether oxygens (including phenoxy) is 1. The highest BCUT2D eigenvalue weighted by atomic mass is 16.5. The highest BCUT2D eigenvalue weighted by molar-refractivity contribution is 5.93. The van der Waals surface area contributed by atoms with Crippen LogP contribution in [0.25, 0.3) is 0 Å². The number of hydrogen-bond acceptors (Lipinski definition) is 5. The van der Waals surface area contributed by atoms with Crippen LogP contribution in [-0.4, -0.2) is 29.0 Å². The summed E-state index contributed by atoms with van der Waals surface area (Å²) in [5.74, 6) is 2.18. The van der Waals surface area contributed by atoms with Crippen molar-refractivity contribution >= 4 is 17.4 Å². The normalized spacial score (nSPS) is 16.2. The van der Waals surface area contributed by atoms with E-state index in [-0.39, 0.29) is 11.8 Å². The lowest BCUT2D eigenvalue weighted by atomic mass is 9.96. The van der Waals surface area contributed by atoms with Gasteiger partial charge in [0.25, 0.3) is 5.88 Å². The smallest absolute Gasteiger partial charge is 0.263 e. The lowest BCUT2D eigenvalue weighted by Gasteiger charge is -2.33. The van der Waals surface area contributed by atoms with Gasteiger partial charge in [-0.2, -0.15) is 0 Å². The molecule has 6 heteroatoms. The molecule has 1 aromatic heterocycles. The molecule has 0 bridgehead atoms. The highest BCUT2D eigenvalue weighted by Crippen LogP contribution is 2.31. The third kappa shape index (κ3) is 5.20. The SMILES string of the molecule is CC(C)c1cccc(NC(=O)C2CCCN(c3nccnc3Oc3ccccc3)C2)c1. The predicted octanol–water partition coefficient (Wildman–Crippen LogP) is 5.25. The Balaban J connectivity index is 1.46. The molecular formula is C25H28N4O2. The molecule has 0 saturated carbocycles. The molecule has 0 radical (unpaired) electrons. The molecule has 2 heterocycles. The van der Waals surface area contributed by atoms with Crippen LogP contribution in [-0.2, 0) is 4.79 Å². The summed E-state index contributed by atoms with van der Waals surface area (Å²) in [4.78, 5) is 24.0. The van der Waals surface area contributed by atoms with Gasteiger partial charge in [0.05, 0.1) is 5.92 Å². The fraction of sp³-hybridized carbons (Fsp3) is 0.320. The van der Waals surface area contributed by atoms with Gasteiger partial charge in [-0.3, -0.25) is 4.79 Å². The first kappa shape index (κ1) is 20.8. The molecule has 4 rings (SSSR count). The number of nitrogens with one attached hydrogen (secondary N) is 1. The van der Waals surface area contributed by atoms with E-state index in [1.165, 1.54) is 5.56 Å². The van der Waals surface area contributed by atoms with Crippen molar-refractivity contribution in [1.29, 1.82) is 0 Å². The van der Waals surface area contributed by atoms with Gasteiger partial charge in [0.1, 0.15) is 5.75 Å². The molecule has 1 unspecified atom stereocenters. The standard InChI is InChI=1S/C25H28N4O2/c1-18(2)19-8-6-10-21(16-19)28-24(30)20-9-7-15-29(17-20)23-25(27-14-13-26-23)31-22-11-4-3-5-12-22/h3-6,8,10-14,16,18,20H,7,9,15,17H2,1-2H3,(H,28,30). The summed E-state index contributed by atoms with van der Waals surface area (Å²) in [7, 11) is 0. The van der Waals surface area contributed by atoms with Crippen molar-refractivity contribution in [3.8, 4) is 11.6 Å². The first-order valence-corrected chi connectivity index (χ1v) is 10.8. The summed E-state index contributed by atoms with van der Waals surface area (Å²) in [5, 5.41) is 3.10. The van der Waals surface area contributed by atoms with Crippen molar-refractivity contribution in [3.05, 3.63) is 72.6 Å². The van der Waals surface area contributed by atoms with Gasteiger partial charge in [0.2, 0.25) is 5.91 Å². The number of amides is 1. The fourth-order valence-corrected chi connectivity index (χ4v) is 3.81. The number of piperidine rings is 1. The van der Waals surface area contributed by atoms with E-state index < -0.39 is 0 Å². The Morgan fingerprint density at radius 2 is 1.90 bits per heavy atom. The van der Waals surface area contributed by atoms with Crippen molar-refractivity contribution in [1.82, 2.24) is 9.97 Å². The van der Waals surface area contributed by atoms with Crippen LogP contribution in [0.5, 0.6) is 11.6 Å². The Morgan fingerprint density at radius 3 is 2.71 bits per heavy atom. The monoisotopic (exact) mass is 416 g/mol. The number of rotatable bonds is 6. The Morgan fingerprint density at radius 1 is 1.10 bits per heavy atom. The zero-order chi connectivity index (χ0) is 21.6.